The third-order valence-electron chi connectivity index (χ3n) is 6.49. The van der Waals surface area contributed by atoms with Gasteiger partial charge in [0.05, 0.1) is 12.1 Å². The number of carbonyl (C=O) groups is 2. The molecule has 0 radical (unpaired) electrons. The summed E-state index contributed by atoms with van der Waals surface area (Å²) >= 11 is 0. The van der Waals surface area contributed by atoms with Gasteiger partial charge >= 0.3 is 18.2 Å². The van der Waals surface area contributed by atoms with Gasteiger partial charge in [-0.05, 0) is 54.8 Å². The summed E-state index contributed by atoms with van der Waals surface area (Å²) in [6.45, 7) is 2.13. The van der Waals surface area contributed by atoms with Crippen molar-refractivity contribution in [2.45, 2.75) is 44.5 Å². The molecule has 2 aromatic carbocycles. The van der Waals surface area contributed by atoms with E-state index >= 15 is 0 Å². The number of alkyl halides is 3. The number of nitrogens with two attached hydrogens (primary N) is 1. The highest BCUT2D eigenvalue weighted by Crippen LogP contribution is 2.37. The van der Waals surface area contributed by atoms with Crippen LogP contribution in [0.15, 0.2) is 53.3 Å². The summed E-state index contributed by atoms with van der Waals surface area (Å²) < 4.78 is 45.8. The van der Waals surface area contributed by atoms with Gasteiger partial charge in [-0.1, -0.05) is 31.2 Å². The highest BCUT2D eigenvalue weighted by atomic mass is 35.5. The largest absolute Gasteiger partial charge is 0.480 e. The molecular weight excluding hydrogens is 527 g/mol. The molecule has 38 heavy (non-hydrogen) atoms. The minimum absolute atomic E-state index is 0. The van der Waals surface area contributed by atoms with Gasteiger partial charge in [0.2, 0.25) is 0 Å². The maximum atomic E-state index is 13.5. The van der Waals surface area contributed by atoms with E-state index in [0.29, 0.717) is 30.3 Å². The predicted molar refractivity (Wildman–Crippen MR) is 138 cm³/mol. The molecule has 0 spiro atoms. The number of nitrogens with one attached hydrogen (secondary N) is 1. The fourth-order valence-electron chi connectivity index (χ4n) is 4.53. The highest BCUT2D eigenvalue weighted by Gasteiger charge is 2.34. The van der Waals surface area contributed by atoms with Crippen LogP contribution in [0.4, 0.5) is 23.7 Å². The predicted octanol–water partition coefficient (Wildman–Crippen LogP) is 5.18. The molecule has 1 aliphatic rings. The average Bonchev–Trinajstić information content (AvgIpc) is 3.22. The summed E-state index contributed by atoms with van der Waals surface area (Å²) in [6.07, 6.45) is -4.13. The Labute approximate surface area is 222 Å². The number of rotatable bonds is 8. The van der Waals surface area contributed by atoms with Crippen LogP contribution < -0.4 is 16.2 Å². The van der Waals surface area contributed by atoms with E-state index in [1.807, 2.05) is 6.92 Å². The third-order valence-corrected chi connectivity index (χ3v) is 6.49. The number of cyclic esters (lactones) is 1. The van der Waals surface area contributed by atoms with Gasteiger partial charge < -0.3 is 20.6 Å². The van der Waals surface area contributed by atoms with Crippen LogP contribution in [0.5, 0.6) is 0 Å². The Hall–Kier alpha value is -3.57. The minimum Gasteiger partial charge on any atom is -0.480 e. The maximum Gasteiger partial charge on any atom is 0.417 e. The van der Waals surface area contributed by atoms with Gasteiger partial charge in [0.1, 0.15) is 12.1 Å². The first-order valence-electron chi connectivity index (χ1n) is 11.7. The lowest BCUT2D eigenvalue weighted by molar-refractivity contribution is -0.139. The van der Waals surface area contributed by atoms with Crippen LogP contribution in [-0.2, 0) is 15.7 Å². The second kappa shape index (κ2) is 11.4. The molecule has 1 saturated heterocycles. The molecular formula is C26H27ClF3N3O5. The van der Waals surface area contributed by atoms with Crippen molar-refractivity contribution >= 4 is 40.9 Å². The number of H-pyrrole nitrogens is 1. The van der Waals surface area contributed by atoms with E-state index in [1.165, 1.54) is 35.2 Å². The molecule has 3 aromatic rings. The molecule has 2 heterocycles. The molecule has 0 bridgehead atoms. The number of benzene rings is 2. The van der Waals surface area contributed by atoms with Gasteiger partial charge in [0.25, 0.3) is 5.56 Å². The monoisotopic (exact) mass is 553 g/mol. The molecule has 0 aliphatic carbocycles. The van der Waals surface area contributed by atoms with Crippen LogP contribution in [0.2, 0.25) is 0 Å². The lowest BCUT2D eigenvalue weighted by Crippen LogP contribution is -2.32. The lowest BCUT2D eigenvalue weighted by Gasteiger charge is -2.16. The first-order valence-corrected chi connectivity index (χ1v) is 11.7. The van der Waals surface area contributed by atoms with Crippen LogP contribution in [0, 0.1) is 5.92 Å². The Bertz CT molecular complexity index is 1390. The molecule has 12 heteroatoms. The number of hydrogen-bond acceptors (Lipinski definition) is 5. The summed E-state index contributed by atoms with van der Waals surface area (Å²) in [5.74, 6) is -1.04. The number of hydrogen-bond donors (Lipinski definition) is 3. The Morgan fingerprint density at radius 2 is 1.92 bits per heavy atom. The highest BCUT2D eigenvalue weighted by molar-refractivity contribution is 5.94. The van der Waals surface area contributed by atoms with Crippen LogP contribution in [-0.4, -0.2) is 40.8 Å². The van der Waals surface area contributed by atoms with Crippen molar-refractivity contribution in [3.8, 4) is 11.3 Å². The summed E-state index contributed by atoms with van der Waals surface area (Å²) in [4.78, 5) is 40.2. The second-order valence-corrected chi connectivity index (χ2v) is 9.31. The van der Waals surface area contributed by atoms with Gasteiger partial charge in [-0.15, -0.1) is 12.4 Å². The Morgan fingerprint density at radius 3 is 2.61 bits per heavy atom. The standard InChI is InChI=1S/C26H26F3N3O5.ClH/c1-14(10-21(30)24(34)35)6-9-17-13-32(25(36)37-17)16-8-7-15-11-22(31-23(33)19(15)12-16)18-4-2-3-5-20(18)26(27,28)29;/h2-5,7-8,11-12,14,17,21H,6,9-10,13,30H2,1H3,(H,31,33)(H,34,35);1H. The van der Waals surface area contributed by atoms with Gasteiger partial charge in [-0.2, -0.15) is 13.2 Å². The minimum atomic E-state index is -4.58. The molecule has 1 aliphatic heterocycles. The molecule has 1 fully saturated rings. The number of aromatic nitrogens is 1. The summed E-state index contributed by atoms with van der Waals surface area (Å²) in [6, 6.07) is 10.2. The number of anilines is 1. The van der Waals surface area contributed by atoms with E-state index in [2.05, 4.69) is 4.98 Å². The number of nitrogens with zero attached hydrogens (tertiary/aromatic N) is 1. The van der Waals surface area contributed by atoms with Crippen molar-refractivity contribution in [3.63, 3.8) is 0 Å². The zero-order chi connectivity index (χ0) is 26.9. The fourth-order valence-corrected chi connectivity index (χ4v) is 4.53. The molecule has 0 saturated carbocycles. The molecule has 8 nitrogen and oxygen atoms in total. The second-order valence-electron chi connectivity index (χ2n) is 9.31. The van der Waals surface area contributed by atoms with E-state index in [9.17, 15) is 27.6 Å². The number of halogens is 4. The maximum absolute atomic E-state index is 13.5. The number of carbonyl (C=O) groups excluding carboxylic acids is 1. The Morgan fingerprint density at radius 1 is 1.21 bits per heavy atom. The van der Waals surface area contributed by atoms with Crippen LogP contribution >= 0.6 is 12.4 Å². The number of ether oxygens (including phenoxy) is 1. The van der Waals surface area contributed by atoms with Crippen molar-refractivity contribution < 1.29 is 32.6 Å². The molecule has 3 unspecified atom stereocenters. The van der Waals surface area contributed by atoms with E-state index in [0.717, 1.165) is 6.07 Å². The summed E-state index contributed by atoms with van der Waals surface area (Å²) in [7, 11) is 0. The molecule has 1 aromatic heterocycles. The number of aliphatic carboxylic acids is 1. The van der Waals surface area contributed by atoms with E-state index in [1.54, 1.807) is 12.1 Å². The van der Waals surface area contributed by atoms with Crippen molar-refractivity contribution in [1.29, 1.82) is 0 Å². The van der Waals surface area contributed by atoms with E-state index < -0.39 is 41.5 Å². The Kier molecular flexibility index (Phi) is 8.73. The Balaban J connectivity index is 0.00000400. The zero-order valence-corrected chi connectivity index (χ0v) is 21.1. The molecule has 4 rings (SSSR count). The lowest BCUT2D eigenvalue weighted by atomic mass is 9.96. The molecule has 4 N–H and O–H groups in total. The zero-order valence-electron chi connectivity index (χ0n) is 20.3. The van der Waals surface area contributed by atoms with Crippen molar-refractivity contribution in [2.24, 2.45) is 11.7 Å². The number of amides is 1. The van der Waals surface area contributed by atoms with E-state index in [-0.39, 0.29) is 41.5 Å². The van der Waals surface area contributed by atoms with Crippen molar-refractivity contribution in [1.82, 2.24) is 4.98 Å². The molecule has 3 atom stereocenters. The first kappa shape index (κ1) is 29.0. The number of aromatic amines is 1. The SMILES string of the molecule is CC(CCC1CN(c2ccc3cc(-c4ccccc4C(F)(F)F)[nH]c(=O)c3c2)C(=O)O1)CC(N)C(=O)O.Cl. The van der Waals surface area contributed by atoms with Gasteiger partial charge in [-0.3, -0.25) is 14.5 Å². The topological polar surface area (TPSA) is 126 Å². The van der Waals surface area contributed by atoms with Gasteiger partial charge in [0, 0.05) is 22.3 Å². The fraction of sp³-hybridized carbons (Fsp3) is 0.346. The summed E-state index contributed by atoms with van der Waals surface area (Å²) in [5.41, 5.74) is 4.46. The van der Waals surface area contributed by atoms with Gasteiger partial charge in [-0.25, -0.2) is 4.79 Å². The quantitative estimate of drug-likeness (QED) is 0.353. The number of fused-ring (bicyclic) bond motifs is 1. The molecule has 1 amide bonds. The van der Waals surface area contributed by atoms with Crippen LogP contribution in [0.1, 0.15) is 31.7 Å². The van der Waals surface area contributed by atoms with Crippen LogP contribution in [0.25, 0.3) is 22.0 Å². The normalized spacial score (nSPS) is 17.1. The van der Waals surface area contributed by atoms with Crippen molar-refractivity contribution in [3.05, 3.63) is 64.4 Å². The third kappa shape index (κ3) is 6.28. The summed E-state index contributed by atoms with van der Waals surface area (Å²) in [5, 5.41) is 9.59. The first-order chi connectivity index (χ1) is 17.4. The average molecular weight is 554 g/mol. The molecule has 204 valence electrons. The van der Waals surface area contributed by atoms with Crippen LogP contribution in [0.3, 0.4) is 0 Å². The smallest absolute Gasteiger partial charge is 0.417 e. The number of carboxylic acids is 1. The number of pyridine rings is 1. The van der Waals surface area contributed by atoms with Crippen molar-refractivity contribution in [2.75, 3.05) is 11.4 Å². The number of carboxylic acid groups (broad SMARTS) is 1. The van der Waals surface area contributed by atoms with Gasteiger partial charge in [0.15, 0.2) is 0 Å². The van der Waals surface area contributed by atoms with E-state index in [4.69, 9.17) is 15.6 Å².